The lowest BCUT2D eigenvalue weighted by molar-refractivity contribution is -0.120. The highest BCUT2D eigenvalue weighted by molar-refractivity contribution is 7.10. The van der Waals surface area contributed by atoms with E-state index >= 15 is 0 Å². The van der Waals surface area contributed by atoms with Gasteiger partial charge in [-0.2, -0.15) is 0 Å². The maximum absolute atomic E-state index is 12.7. The third-order valence-electron chi connectivity index (χ3n) is 5.21. The molecule has 2 aromatic heterocycles. The Hall–Kier alpha value is -2.25. The lowest BCUT2D eigenvalue weighted by Gasteiger charge is -2.27. The van der Waals surface area contributed by atoms with Crippen LogP contribution < -0.4 is 11.1 Å². The van der Waals surface area contributed by atoms with Crippen LogP contribution in [0.4, 0.5) is 0 Å². The molecular formula is C21H28N4O2S. The predicted octanol–water partition coefficient (Wildman–Crippen LogP) is 2.50. The number of aryl methyl sites for hydroxylation is 1. The van der Waals surface area contributed by atoms with Crippen molar-refractivity contribution in [1.82, 2.24) is 15.2 Å². The standard InChI is InChI=1S/C21H28N4O2S/c1-4-14-5-6-15(23-9-14)10-25-8-7-16-17(12-28-18(16)11-25)21(27)24-19(13(2)3)20(22)26/h5-6,9,12-13,19H,4,7-8,10-11H2,1-3H3,(H2,22,26)(H,24,27). The normalized spacial score (nSPS) is 15.3. The number of nitrogens with zero attached hydrogens (tertiary/aromatic N) is 2. The average molecular weight is 401 g/mol. The molecular weight excluding hydrogens is 372 g/mol. The summed E-state index contributed by atoms with van der Waals surface area (Å²) in [5.74, 6) is -0.751. The summed E-state index contributed by atoms with van der Waals surface area (Å²) in [6.45, 7) is 8.37. The van der Waals surface area contributed by atoms with Gasteiger partial charge in [-0.25, -0.2) is 0 Å². The maximum Gasteiger partial charge on any atom is 0.253 e. The minimum atomic E-state index is -0.652. The van der Waals surface area contributed by atoms with Crippen molar-refractivity contribution in [3.63, 3.8) is 0 Å². The van der Waals surface area contributed by atoms with E-state index in [1.165, 1.54) is 10.4 Å². The van der Waals surface area contributed by atoms with Gasteiger partial charge in [-0.3, -0.25) is 19.5 Å². The van der Waals surface area contributed by atoms with Crippen LogP contribution in [0.1, 0.15) is 52.8 Å². The monoisotopic (exact) mass is 400 g/mol. The van der Waals surface area contributed by atoms with E-state index in [0.29, 0.717) is 5.56 Å². The van der Waals surface area contributed by atoms with Crippen LogP contribution in [0.15, 0.2) is 23.7 Å². The summed E-state index contributed by atoms with van der Waals surface area (Å²) in [4.78, 5) is 32.4. The molecule has 0 fully saturated rings. The van der Waals surface area contributed by atoms with E-state index in [9.17, 15) is 9.59 Å². The molecule has 0 aliphatic carbocycles. The van der Waals surface area contributed by atoms with Crippen molar-refractivity contribution in [3.8, 4) is 0 Å². The van der Waals surface area contributed by atoms with Gasteiger partial charge in [0.1, 0.15) is 6.04 Å². The molecule has 1 aliphatic rings. The zero-order valence-corrected chi connectivity index (χ0v) is 17.5. The van der Waals surface area contributed by atoms with E-state index in [-0.39, 0.29) is 11.8 Å². The van der Waals surface area contributed by atoms with E-state index in [4.69, 9.17) is 5.73 Å². The molecule has 3 rings (SSSR count). The first-order chi connectivity index (χ1) is 13.4. The Balaban J connectivity index is 1.66. The zero-order valence-electron chi connectivity index (χ0n) is 16.7. The number of pyridine rings is 1. The SMILES string of the molecule is CCc1ccc(CN2CCc3c(C(=O)NC(C(N)=O)C(C)C)csc3C2)nc1. The summed E-state index contributed by atoms with van der Waals surface area (Å²) in [6, 6.07) is 3.58. The van der Waals surface area contributed by atoms with Crippen LogP contribution in [0.2, 0.25) is 0 Å². The van der Waals surface area contributed by atoms with Crippen molar-refractivity contribution in [2.24, 2.45) is 11.7 Å². The van der Waals surface area contributed by atoms with Crippen LogP contribution in [0.25, 0.3) is 0 Å². The van der Waals surface area contributed by atoms with Gasteiger partial charge >= 0.3 is 0 Å². The Morgan fingerprint density at radius 1 is 1.36 bits per heavy atom. The first-order valence-corrected chi connectivity index (χ1v) is 10.6. The Bertz CT molecular complexity index is 845. The van der Waals surface area contributed by atoms with Crippen LogP contribution >= 0.6 is 11.3 Å². The summed E-state index contributed by atoms with van der Waals surface area (Å²) in [6.07, 6.45) is 3.76. The number of carbonyl (C=O) groups excluding carboxylic acids is 2. The number of nitrogens with one attached hydrogen (secondary N) is 1. The molecule has 1 unspecified atom stereocenters. The highest BCUT2D eigenvalue weighted by Gasteiger charge is 2.27. The Labute approximate surface area is 170 Å². The van der Waals surface area contributed by atoms with Crippen molar-refractivity contribution in [2.75, 3.05) is 6.54 Å². The van der Waals surface area contributed by atoms with Crippen LogP contribution in [0.5, 0.6) is 0 Å². The van der Waals surface area contributed by atoms with Crippen LogP contribution in [-0.4, -0.2) is 34.3 Å². The highest BCUT2D eigenvalue weighted by Crippen LogP contribution is 2.29. The van der Waals surface area contributed by atoms with E-state index in [1.807, 2.05) is 25.4 Å². The van der Waals surface area contributed by atoms with Crippen molar-refractivity contribution in [1.29, 1.82) is 0 Å². The lowest BCUT2D eigenvalue weighted by Crippen LogP contribution is -2.47. The molecule has 0 aromatic carbocycles. The summed E-state index contributed by atoms with van der Waals surface area (Å²) >= 11 is 1.61. The van der Waals surface area contributed by atoms with Crippen molar-refractivity contribution >= 4 is 23.2 Å². The van der Waals surface area contributed by atoms with E-state index < -0.39 is 11.9 Å². The predicted molar refractivity (Wildman–Crippen MR) is 111 cm³/mol. The number of aromatic nitrogens is 1. The number of amides is 2. The topological polar surface area (TPSA) is 88.3 Å². The second-order valence-corrected chi connectivity index (χ2v) is 8.58. The number of rotatable bonds is 7. The fourth-order valence-electron chi connectivity index (χ4n) is 3.48. The van der Waals surface area contributed by atoms with Crippen molar-refractivity contribution < 1.29 is 9.59 Å². The number of nitrogens with two attached hydrogens (primary N) is 1. The largest absolute Gasteiger partial charge is 0.368 e. The Kier molecular flexibility index (Phi) is 6.46. The summed E-state index contributed by atoms with van der Waals surface area (Å²) < 4.78 is 0. The van der Waals surface area contributed by atoms with E-state index in [2.05, 4.69) is 34.3 Å². The first kappa shape index (κ1) is 20.5. The van der Waals surface area contributed by atoms with Gasteiger partial charge in [0.2, 0.25) is 5.91 Å². The van der Waals surface area contributed by atoms with Crippen molar-refractivity contribution in [2.45, 2.75) is 52.7 Å². The minimum absolute atomic E-state index is 0.0435. The van der Waals surface area contributed by atoms with Gasteiger partial charge < -0.3 is 11.1 Å². The van der Waals surface area contributed by atoms with E-state index in [1.54, 1.807) is 11.3 Å². The van der Waals surface area contributed by atoms with Gasteiger partial charge in [0.15, 0.2) is 0 Å². The summed E-state index contributed by atoms with van der Waals surface area (Å²) in [7, 11) is 0. The molecule has 150 valence electrons. The smallest absolute Gasteiger partial charge is 0.253 e. The molecule has 1 atom stereocenters. The number of hydrogen-bond acceptors (Lipinski definition) is 5. The molecule has 2 aromatic rings. The number of hydrogen-bond donors (Lipinski definition) is 2. The van der Waals surface area contributed by atoms with Gasteiger partial charge in [0.25, 0.3) is 5.91 Å². The Morgan fingerprint density at radius 3 is 2.75 bits per heavy atom. The molecule has 0 saturated carbocycles. The van der Waals surface area contributed by atoms with Gasteiger partial charge in [-0.05, 0) is 36.0 Å². The second-order valence-electron chi connectivity index (χ2n) is 7.62. The highest BCUT2D eigenvalue weighted by atomic mass is 32.1. The molecule has 2 amide bonds. The van der Waals surface area contributed by atoms with Gasteiger partial charge in [-0.1, -0.05) is 26.8 Å². The van der Waals surface area contributed by atoms with Gasteiger partial charge in [0, 0.05) is 36.1 Å². The average Bonchev–Trinajstić information content (AvgIpc) is 3.09. The molecule has 0 bridgehead atoms. The number of thiophene rings is 1. The zero-order chi connectivity index (χ0) is 20.3. The quantitative estimate of drug-likeness (QED) is 0.747. The van der Waals surface area contributed by atoms with E-state index in [0.717, 1.165) is 43.7 Å². The van der Waals surface area contributed by atoms with Crippen LogP contribution in [0, 0.1) is 5.92 Å². The van der Waals surface area contributed by atoms with Crippen LogP contribution in [0.3, 0.4) is 0 Å². The first-order valence-electron chi connectivity index (χ1n) is 9.74. The van der Waals surface area contributed by atoms with Gasteiger partial charge in [-0.15, -0.1) is 11.3 Å². The molecule has 0 spiro atoms. The molecule has 3 heterocycles. The fourth-order valence-corrected chi connectivity index (χ4v) is 4.60. The van der Waals surface area contributed by atoms with Crippen LogP contribution in [-0.2, 0) is 30.7 Å². The summed E-state index contributed by atoms with van der Waals surface area (Å²) in [5, 5.41) is 4.70. The van der Waals surface area contributed by atoms with Gasteiger partial charge in [0.05, 0.1) is 11.3 Å². The molecule has 28 heavy (non-hydrogen) atoms. The second kappa shape index (κ2) is 8.84. The fraction of sp³-hybridized carbons (Fsp3) is 0.476. The molecule has 0 radical (unpaired) electrons. The summed E-state index contributed by atoms with van der Waals surface area (Å²) in [5.41, 5.74) is 9.51. The number of carbonyl (C=O) groups is 2. The molecule has 7 heteroatoms. The molecule has 1 aliphatic heterocycles. The molecule has 6 nitrogen and oxygen atoms in total. The lowest BCUT2D eigenvalue weighted by atomic mass is 10.0. The molecule has 3 N–H and O–H groups in total. The minimum Gasteiger partial charge on any atom is -0.368 e. The number of fused-ring (bicyclic) bond motifs is 1. The number of primary amides is 1. The van der Waals surface area contributed by atoms with Crippen molar-refractivity contribution in [3.05, 3.63) is 51.0 Å². The maximum atomic E-state index is 12.7. The Morgan fingerprint density at radius 2 is 2.14 bits per heavy atom. The third kappa shape index (κ3) is 4.59. The third-order valence-corrected chi connectivity index (χ3v) is 6.22. The molecule has 0 saturated heterocycles.